The quantitative estimate of drug-likeness (QED) is 0.794. The number of nitrogens with two attached hydrogens (primary N) is 1. The average Bonchev–Trinajstić information content (AvgIpc) is 3.02. The summed E-state index contributed by atoms with van der Waals surface area (Å²) in [6.07, 6.45) is 0. The minimum absolute atomic E-state index is 0.282. The van der Waals surface area contributed by atoms with E-state index in [0.29, 0.717) is 6.61 Å². The van der Waals surface area contributed by atoms with Gasteiger partial charge in [0.15, 0.2) is 0 Å². The molecule has 0 saturated heterocycles. The number of hydrogen-bond acceptors (Lipinski definition) is 5. The third-order valence-electron chi connectivity index (χ3n) is 2.98. The van der Waals surface area contributed by atoms with Crippen LogP contribution in [0.15, 0.2) is 47.8 Å². The zero-order valence-corrected chi connectivity index (χ0v) is 12.4. The van der Waals surface area contributed by atoms with Crippen LogP contribution in [0, 0.1) is 0 Å². The second-order valence-electron chi connectivity index (χ2n) is 4.43. The monoisotopic (exact) mass is 297 g/mol. The van der Waals surface area contributed by atoms with Crippen molar-refractivity contribution in [2.24, 2.45) is 0 Å². The number of nitrogens with zero attached hydrogens (tertiary/aromatic N) is 2. The fourth-order valence-electron chi connectivity index (χ4n) is 2.05. The van der Waals surface area contributed by atoms with Gasteiger partial charge in [0.05, 0.1) is 22.9 Å². The van der Waals surface area contributed by atoms with Gasteiger partial charge in [0, 0.05) is 5.56 Å². The molecule has 0 unspecified atom stereocenters. The van der Waals surface area contributed by atoms with E-state index in [1.165, 1.54) is 0 Å². The number of ether oxygens (including phenoxy) is 1. The first-order valence-corrected chi connectivity index (χ1v) is 7.56. The lowest BCUT2D eigenvalue weighted by Crippen LogP contribution is -1.98. The maximum absolute atomic E-state index is 5.84. The molecule has 3 rings (SSSR count). The lowest BCUT2D eigenvalue weighted by molar-refractivity contribution is 0.340. The van der Waals surface area contributed by atoms with Gasteiger partial charge in [0.25, 0.3) is 0 Å². The Morgan fingerprint density at radius 3 is 2.52 bits per heavy atom. The Morgan fingerprint density at radius 1 is 1.10 bits per heavy atom. The van der Waals surface area contributed by atoms with Crippen LogP contribution in [0.3, 0.4) is 0 Å². The SMILES string of the molecule is CCOc1ccc(-c2cc(-c3cccs3)nc(N)n2)cc1. The van der Waals surface area contributed by atoms with E-state index in [1.54, 1.807) is 11.3 Å². The first-order valence-electron chi connectivity index (χ1n) is 6.68. The minimum atomic E-state index is 0.282. The van der Waals surface area contributed by atoms with Gasteiger partial charge in [-0.2, -0.15) is 0 Å². The van der Waals surface area contributed by atoms with Crippen molar-refractivity contribution in [2.75, 3.05) is 12.3 Å². The van der Waals surface area contributed by atoms with Gasteiger partial charge < -0.3 is 10.5 Å². The molecule has 0 spiro atoms. The Kier molecular flexibility index (Phi) is 3.83. The summed E-state index contributed by atoms with van der Waals surface area (Å²) in [6, 6.07) is 13.8. The molecule has 4 nitrogen and oxygen atoms in total. The van der Waals surface area contributed by atoms with Crippen molar-refractivity contribution in [1.29, 1.82) is 0 Å². The number of nitrogen functional groups attached to an aromatic ring is 1. The molecular weight excluding hydrogens is 282 g/mol. The molecule has 0 radical (unpaired) electrons. The lowest BCUT2D eigenvalue weighted by atomic mass is 10.1. The van der Waals surface area contributed by atoms with Gasteiger partial charge in [-0.05, 0) is 48.7 Å². The Balaban J connectivity index is 1.98. The molecule has 21 heavy (non-hydrogen) atoms. The number of aromatic nitrogens is 2. The van der Waals surface area contributed by atoms with Gasteiger partial charge in [0.2, 0.25) is 5.95 Å². The van der Waals surface area contributed by atoms with Crippen LogP contribution in [0.2, 0.25) is 0 Å². The number of rotatable bonds is 4. The minimum Gasteiger partial charge on any atom is -0.494 e. The highest BCUT2D eigenvalue weighted by molar-refractivity contribution is 7.13. The van der Waals surface area contributed by atoms with Crippen LogP contribution in [0.1, 0.15) is 6.92 Å². The first kappa shape index (κ1) is 13.6. The van der Waals surface area contributed by atoms with E-state index in [0.717, 1.165) is 27.6 Å². The van der Waals surface area contributed by atoms with E-state index in [9.17, 15) is 0 Å². The third-order valence-corrected chi connectivity index (χ3v) is 3.87. The summed E-state index contributed by atoms with van der Waals surface area (Å²) in [5.74, 6) is 1.13. The van der Waals surface area contributed by atoms with Crippen LogP contribution < -0.4 is 10.5 Å². The molecule has 0 atom stereocenters. The van der Waals surface area contributed by atoms with Crippen molar-refractivity contribution in [3.05, 3.63) is 47.8 Å². The topological polar surface area (TPSA) is 61.0 Å². The number of benzene rings is 1. The second-order valence-corrected chi connectivity index (χ2v) is 5.38. The number of hydrogen-bond donors (Lipinski definition) is 1. The average molecular weight is 297 g/mol. The summed E-state index contributed by atoms with van der Waals surface area (Å²) in [6.45, 7) is 2.62. The molecule has 3 aromatic rings. The second kappa shape index (κ2) is 5.93. The molecule has 0 amide bonds. The third kappa shape index (κ3) is 3.03. The van der Waals surface area contributed by atoms with Crippen molar-refractivity contribution in [2.45, 2.75) is 6.92 Å². The Bertz CT molecular complexity index is 724. The highest BCUT2D eigenvalue weighted by Gasteiger charge is 2.08. The molecule has 5 heteroatoms. The molecule has 2 N–H and O–H groups in total. The fourth-order valence-corrected chi connectivity index (χ4v) is 2.74. The summed E-state index contributed by atoms with van der Waals surface area (Å²) in [5.41, 5.74) is 8.49. The Hall–Kier alpha value is -2.40. The molecule has 2 heterocycles. The summed E-state index contributed by atoms with van der Waals surface area (Å²) >= 11 is 1.63. The van der Waals surface area contributed by atoms with E-state index in [-0.39, 0.29) is 5.95 Å². The molecule has 0 aliphatic heterocycles. The van der Waals surface area contributed by atoms with Gasteiger partial charge in [-0.1, -0.05) is 6.07 Å². The van der Waals surface area contributed by atoms with Crippen LogP contribution in [-0.4, -0.2) is 16.6 Å². The van der Waals surface area contributed by atoms with Gasteiger partial charge in [-0.15, -0.1) is 11.3 Å². The van der Waals surface area contributed by atoms with Gasteiger partial charge in [0.1, 0.15) is 5.75 Å². The normalized spacial score (nSPS) is 10.5. The van der Waals surface area contributed by atoms with Crippen LogP contribution in [0.5, 0.6) is 5.75 Å². The van der Waals surface area contributed by atoms with Gasteiger partial charge >= 0.3 is 0 Å². The van der Waals surface area contributed by atoms with E-state index in [2.05, 4.69) is 9.97 Å². The standard InChI is InChI=1S/C16H15N3OS/c1-2-20-12-7-5-11(6-8-12)13-10-14(19-16(17)18-13)15-4-3-9-21-15/h3-10H,2H2,1H3,(H2,17,18,19). The molecule has 0 aliphatic carbocycles. The van der Waals surface area contributed by atoms with E-state index in [4.69, 9.17) is 10.5 Å². The molecule has 2 aromatic heterocycles. The number of anilines is 1. The van der Waals surface area contributed by atoms with Crippen LogP contribution in [0.4, 0.5) is 5.95 Å². The molecule has 0 saturated carbocycles. The highest BCUT2D eigenvalue weighted by atomic mass is 32.1. The lowest BCUT2D eigenvalue weighted by Gasteiger charge is -2.07. The van der Waals surface area contributed by atoms with E-state index < -0.39 is 0 Å². The van der Waals surface area contributed by atoms with E-state index >= 15 is 0 Å². The molecule has 0 bridgehead atoms. The van der Waals surface area contributed by atoms with Crippen LogP contribution in [-0.2, 0) is 0 Å². The van der Waals surface area contributed by atoms with Crippen molar-refractivity contribution in [3.63, 3.8) is 0 Å². The predicted molar refractivity (Wildman–Crippen MR) is 86.4 cm³/mol. The highest BCUT2D eigenvalue weighted by Crippen LogP contribution is 2.28. The van der Waals surface area contributed by atoms with E-state index in [1.807, 2.05) is 54.8 Å². The fraction of sp³-hybridized carbons (Fsp3) is 0.125. The summed E-state index contributed by atoms with van der Waals surface area (Å²) in [4.78, 5) is 9.70. The van der Waals surface area contributed by atoms with Crippen LogP contribution >= 0.6 is 11.3 Å². The summed E-state index contributed by atoms with van der Waals surface area (Å²) in [7, 11) is 0. The van der Waals surface area contributed by atoms with Gasteiger partial charge in [-0.3, -0.25) is 0 Å². The molecular formula is C16H15N3OS. The van der Waals surface area contributed by atoms with Crippen LogP contribution in [0.25, 0.3) is 21.8 Å². The first-order chi connectivity index (χ1) is 10.3. The zero-order chi connectivity index (χ0) is 14.7. The Labute approximate surface area is 127 Å². The van der Waals surface area contributed by atoms with Crippen molar-refractivity contribution in [3.8, 4) is 27.6 Å². The predicted octanol–water partition coefficient (Wildman–Crippen LogP) is 3.85. The molecule has 0 aliphatic rings. The van der Waals surface area contributed by atoms with Gasteiger partial charge in [-0.25, -0.2) is 9.97 Å². The Morgan fingerprint density at radius 2 is 1.86 bits per heavy atom. The van der Waals surface area contributed by atoms with Crippen molar-refractivity contribution >= 4 is 17.3 Å². The maximum Gasteiger partial charge on any atom is 0.221 e. The smallest absolute Gasteiger partial charge is 0.221 e. The molecule has 0 fully saturated rings. The zero-order valence-electron chi connectivity index (χ0n) is 11.6. The summed E-state index contributed by atoms with van der Waals surface area (Å²) in [5, 5.41) is 2.02. The molecule has 106 valence electrons. The number of thiophene rings is 1. The summed E-state index contributed by atoms with van der Waals surface area (Å²) < 4.78 is 5.45. The van der Waals surface area contributed by atoms with Crippen molar-refractivity contribution in [1.82, 2.24) is 9.97 Å². The van der Waals surface area contributed by atoms with Crippen molar-refractivity contribution < 1.29 is 4.74 Å². The maximum atomic E-state index is 5.84. The molecule has 1 aromatic carbocycles. The largest absolute Gasteiger partial charge is 0.494 e.